The van der Waals surface area contributed by atoms with Crippen LogP contribution in [0.3, 0.4) is 0 Å². The van der Waals surface area contributed by atoms with Gasteiger partial charge in [-0.05, 0) is 29.5 Å². The molecule has 3 aromatic rings. The SMILES string of the molecule is CCc1ccc2c(CC(=O)NCC(c3cccs3)N3CCOCC3)coc2c1. The second kappa shape index (κ2) is 8.90. The fourth-order valence-electron chi connectivity index (χ4n) is 3.71. The monoisotopic (exact) mass is 398 g/mol. The van der Waals surface area contributed by atoms with E-state index in [-0.39, 0.29) is 11.9 Å². The van der Waals surface area contributed by atoms with E-state index in [4.69, 9.17) is 9.15 Å². The summed E-state index contributed by atoms with van der Waals surface area (Å²) in [6.45, 7) is 6.01. The maximum Gasteiger partial charge on any atom is 0.224 e. The van der Waals surface area contributed by atoms with Gasteiger partial charge in [0.15, 0.2) is 0 Å². The van der Waals surface area contributed by atoms with Crippen molar-refractivity contribution in [2.24, 2.45) is 0 Å². The number of amides is 1. The van der Waals surface area contributed by atoms with Gasteiger partial charge in [-0.15, -0.1) is 11.3 Å². The highest BCUT2D eigenvalue weighted by Gasteiger charge is 2.24. The first kappa shape index (κ1) is 19.2. The summed E-state index contributed by atoms with van der Waals surface area (Å²) in [5.74, 6) is 0.0251. The molecule has 0 bridgehead atoms. The van der Waals surface area contributed by atoms with Crippen LogP contribution < -0.4 is 5.32 Å². The van der Waals surface area contributed by atoms with Gasteiger partial charge in [-0.1, -0.05) is 25.1 Å². The van der Waals surface area contributed by atoms with Crippen molar-refractivity contribution in [2.75, 3.05) is 32.8 Å². The molecule has 1 aromatic carbocycles. The number of rotatable bonds is 7. The van der Waals surface area contributed by atoms with Gasteiger partial charge in [-0.2, -0.15) is 0 Å². The summed E-state index contributed by atoms with van der Waals surface area (Å²) >= 11 is 1.74. The van der Waals surface area contributed by atoms with Crippen molar-refractivity contribution in [1.82, 2.24) is 10.2 Å². The Hall–Kier alpha value is -2.15. The van der Waals surface area contributed by atoms with Crippen molar-refractivity contribution >= 4 is 28.2 Å². The lowest BCUT2D eigenvalue weighted by molar-refractivity contribution is -0.120. The van der Waals surface area contributed by atoms with E-state index in [1.165, 1.54) is 10.4 Å². The third-order valence-electron chi connectivity index (χ3n) is 5.33. The first-order valence-corrected chi connectivity index (χ1v) is 10.7. The molecule has 3 heterocycles. The molecule has 1 unspecified atom stereocenters. The number of carbonyl (C=O) groups is 1. The van der Waals surface area contributed by atoms with E-state index in [9.17, 15) is 4.79 Å². The molecule has 1 aliphatic heterocycles. The average molecular weight is 399 g/mol. The van der Waals surface area contributed by atoms with Gasteiger partial charge < -0.3 is 14.5 Å². The molecule has 28 heavy (non-hydrogen) atoms. The summed E-state index contributed by atoms with van der Waals surface area (Å²) in [5, 5.41) is 6.25. The Morgan fingerprint density at radius 2 is 2.14 bits per heavy atom. The van der Waals surface area contributed by atoms with Gasteiger partial charge in [0, 0.05) is 35.5 Å². The number of fused-ring (bicyclic) bond motifs is 1. The highest BCUT2D eigenvalue weighted by atomic mass is 32.1. The van der Waals surface area contributed by atoms with Gasteiger partial charge in [-0.25, -0.2) is 0 Å². The van der Waals surface area contributed by atoms with Gasteiger partial charge in [-0.3, -0.25) is 9.69 Å². The molecule has 1 amide bonds. The Labute approximate surface area is 169 Å². The van der Waals surface area contributed by atoms with Gasteiger partial charge >= 0.3 is 0 Å². The molecule has 1 N–H and O–H groups in total. The van der Waals surface area contributed by atoms with Crippen molar-refractivity contribution < 1.29 is 13.9 Å². The lowest BCUT2D eigenvalue weighted by Gasteiger charge is -2.34. The van der Waals surface area contributed by atoms with Crippen LogP contribution >= 0.6 is 11.3 Å². The Bertz CT molecular complexity index is 913. The van der Waals surface area contributed by atoms with Crippen molar-refractivity contribution in [3.63, 3.8) is 0 Å². The summed E-state index contributed by atoms with van der Waals surface area (Å²) in [6.07, 6.45) is 3.01. The van der Waals surface area contributed by atoms with Crippen molar-refractivity contribution in [2.45, 2.75) is 25.8 Å². The maximum absolute atomic E-state index is 12.6. The lowest BCUT2D eigenvalue weighted by Crippen LogP contribution is -2.43. The van der Waals surface area contributed by atoms with Crippen LogP contribution in [0.1, 0.15) is 29.0 Å². The number of morpholine rings is 1. The molecule has 1 atom stereocenters. The molecule has 0 aliphatic carbocycles. The minimum absolute atomic E-state index is 0.0251. The summed E-state index contributed by atoms with van der Waals surface area (Å²) in [4.78, 5) is 16.3. The lowest BCUT2D eigenvalue weighted by atomic mass is 10.1. The average Bonchev–Trinajstić information content (AvgIpc) is 3.39. The zero-order chi connectivity index (χ0) is 19.3. The van der Waals surface area contributed by atoms with Crippen molar-refractivity contribution in [1.29, 1.82) is 0 Å². The van der Waals surface area contributed by atoms with Crippen LogP contribution in [-0.4, -0.2) is 43.7 Å². The number of benzene rings is 1. The van der Waals surface area contributed by atoms with E-state index >= 15 is 0 Å². The summed E-state index contributed by atoms with van der Waals surface area (Å²) in [5.41, 5.74) is 3.03. The first-order valence-electron chi connectivity index (χ1n) is 9.85. The molecular weight excluding hydrogens is 372 g/mol. The molecule has 0 spiro atoms. The minimum atomic E-state index is 0.0251. The number of hydrogen-bond donors (Lipinski definition) is 1. The van der Waals surface area contributed by atoms with E-state index in [1.807, 2.05) is 0 Å². The summed E-state index contributed by atoms with van der Waals surface area (Å²) in [6, 6.07) is 10.6. The number of nitrogens with one attached hydrogen (secondary N) is 1. The van der Waals surface area contributed by atoms with Crippen LogP contribution in [0.5, 0.6) is 0 Å². The maximum atomic E-state index is 12.6. The summed E-state index contributed by atoms with van der Waals surface area (Å²) < 4.78 is 11.2. The molecule has 1 fully saturated rings. The molecule has 6 heteroatoms. The second-order valence-corrected chi connectivity index (χ2v) is 8.08. The zero-order valence-corrected chi connectivity index (χ0v) is 17.0. The highest BCUT2D eigenvalue weighted by molar-refractivity contribution is 7.10. The smallest absolute Gasteiger partial charge is 0.224 e. The number of aryl methyl sites for hydroxylation is 1. The van der Waals surface area contributed by atoms with E-state index in [2.05, 4.69) is 52.9 Å². The van der Waals surface area contributed by atoms with Gasteiger partial charge in [0.1, 0.15) is 5.58 Å². The third-order valence-corrected chi connectivity index (χ3v) is 6.30. The van der Waals surface area contributed by atoms with Gasteiger partial charge in [0.2, 0.25) is 5.91 Å². The van der Waals surface area contributed by atoms with Crippen LogP contribution in [0.4, 0.5) is 0 Å². The van der Waals surface area contributed by atoms with Crippen LogP contribution in [0.15, 0.2) is 46.4 Å². The fraction of sp³-hybridized carbons (Fsp3) is 0.409. The number of furan rings is 1. The van der Waals surface area contributed by atoms with Crippen molar-refractivity contribution in [3.8, 4) is 0 Å². The number of ether oxygens (including phenoxy) is 1. The molecule has 0 radical (unpaired) electrons. The van der Waals surface area contributed by atoms with E-state index < -0.39 is 0 Å². The Balaban J connectivity index is 1.41. The predicted molar refractivity (Wildman–Crippen MR) is 112 cm³/mol. The summed E-state index contributed by atoms with van der Waals surface area (Å²) in [7, 11) is 0. The molecular formula is C22H26N2O3S. The third kappa shape index (κ3) is 4.29. The first-order chi connectivity index (χ1) is 13.7. The molecule has 148 valence electrons. The molecule has 4 rings (SSSR count). The Morgan fingerprint density at radius 1 is 1.29 bits per heavy atom. The topological polar surface area (TPSA) is 54.7 Å². The highest BCUT2D eigenvalue weighted by Crippen LogP contribution is 2.26. The number of nitrogens with zero attached hydrogens (tertiary/aromatic N) is 1. The second-order valence-electron chi connectivity index (χ2n) is 7.11. The molecule has 1 saturated heterocycles. The molecule has 2 aromatic heterocycles. The quantitative estimate of drug-likeness (QED) is 0.658. The normalized spacial score (nSPS) is 16.3. The Morgan fingerprint density at radius 3 is 2.89 bits per heavy atom. The molecule has 0 saturated carbocycles. The van der Waals surface area contributed by atoms with Crippen molar-refractivity contribution in [3.05, 3.63) is 58.0 Å². The van der Waals surface area contributed by atoms with Crippen LogP contribution in [0.25, 0.3) is 11.0 Å². The largest absolute Gasteiger partial charge is 0.464 e. The Kier molecular flexibility index (Phi) is 6.10. The number of carbonyl (C=O) groups excluding carboxylic acids is 1. The van der Waals surface area contributed by atoms with E-state index in [1.54, 1.807) is 17.6 Å². The standard InChI is InChI=1S/C22H26N2O3S/c1-2-16-5-6-18-17(15-27-20(18)12-16)13-22(25)23-14-19(21-4-3-11-28-21)24-7-9-26-10-8-24/h3-6,11-12,15,19H,2,7-10,13-14H2,1H3,(H,23,25). The zero-order valence-electron chi connectivity index (χ0n) is 16.1. The minimum Gasteiger partial charge on any atom is -0.464 e. The van der Waals surface area contributed by atoms with Crippen LogP contribution in [0.2, 0.25) is 0 Å². The van der Waals surface area contributed by atoms with Crippen LogP contribution in [-0.2, 0) is 22.4 Å². The fourth-order valence-corrected chi connectivity index (χ4v) is 4.57. The van der Waals surface area contributed by atoms with E-state index in [0.717, 1.165) is 49.3 Å². The van der Waals surface area contributed by atoms with E-state index in [0.29, 0.717) is 13.0 Å². The van der Waals surface area contributed by atoms with Crippen LogP contribution in [0, 0.1) is 0 Å². The number of hydrogen-bond acceptors (Lipinski definition) is 5. The number of thiophene rings is 1. The molecule has 5 nitrogen and oxygen atoms in total. The molecule has 1 aliphatic rings. The van der Waals surface area contributed by atoms with Gasteiger partial charge in [0.05, 0.1) is 31.9 Å². The predicted octanol–water partition coefficient (Wildman–Crippen LogP) is 3.79. The van der Waals surface area contributed by atoms with Gasteiger partial charge in [0.25, 0.3) is 0 Å².